The number of anilines is 1. The summed E-state index contributed by atoms with van der Waals surface area (Å²) in [6.45, 7) is 6.40. The topological polar surface area (TPSA) is 3.24 Å². The van der Waals surface area contributed by atoms with E-state index in [4.69, 9.17) is 23.2 Å². The Kier molecular flexibility index (Phi) is 5.27. The summed E-state index contributed by atoms with van der Waals surface area (Å²) in [7, 11) is 0. The van der Waals surface area contributed by atoms with Crippen LogP contribution in [0.25, 0.3) is 0 Å². The Morgan fingerprint density at radius 2 is 2.00 bits per heavy atom. The average Bonchev–Trinajstić information content (AvgIpc) is 2.25. The van der Waals surface area contributed by atoms with Crippen molar-refractivity contribution in [2.24, 2.45) is 0 Å². The minimum Gasteiger partial charge on any atom is -0.372 e. The molecule has 0 saturated heterocycles. The third-order valence-corrected chi connectivity index (χ3v) is 3.06. The van der Waals surface area contributed by atoms with E-state index in [1.807, 2.05) is 12.1 Å². The van der Waals surface area contributed by atoms with Crippen LogP contribution in [0.15, 0.2) is 18.2 Å². The zero-order valence-electron chi connectivity index (χ0n) is 9.26. The maximum Gasteiger partial charge on any atom is 0.0488 e. The summed E-state index contributed by atoms with van der Waals surface area (Å²) < 4.78 is 0. The first-order valence-electron chi connectivity index (χ1n) is 5.32. The van der Waals surface area contributed by atoms with E-state index in [0.29, 0.717) is 5.88 Å². The van der Waals surface area contributed by atoms with E-state index in [-0.39, 0.29) is 0 Å². The van der Waals surface area contributed by atoms with E-state index in [0.717, 1.165) is 30.1 Å². The van der Waals surface area contributed by atoms with E-state index in [1.165, 1.54) is 5.69 Å². The van der Waals surface area contributed by atoms with E-state index < -0.39 is 0 Å². The predicted molar refractivity (Wildman–Crippen MR) is 69.2 cm³/mol. The van der Waals surface area contributed by atoms with Gasteiger partial charge in [0.25, 0.3) is 0 Å². The molecule has 3 heteroatoms. The third kappa shape index (κ3) is 3.29. The fourth-order valence-electron chi connectivity index (χ4n) is 1.58. The van der Waals surface area contributed by atoms with Gasteiger partial charge >= 0.3 is 0 Å². The van der Waals surface area contributed by atoms with Crippen molar-refractivity contribution in [3.05, 3.63) is 28.8 Å². The van der Waals surface area contributed by atoms with Gasteiger partial charge in [-0.25, -0.2) is 0 Å². The largest absolute Gasteiger partial charge is 0.372 e. The van der Waals surface area contributed by atoms with E-state index >= 15 is 0 Å². The van der Waals surface area contributed by atoms with Crippen LogP contribution in [-0.2, 0) is 5.88 Å². The second kappa shape index (κ2) is 6.24. The summed E-state index contributed by atoms with van der Waals surface area (Å²) in [6.07, 6.45) is 1.14. The number of rotatable bonds is 5. The Bertz CT molecular complexity index is 312. The van der Waals surface area contributed by atoms with Crippen LogP contribution in [0.4, 0.5) is 5.69 Å². The molecule has 84 valence electrons. The highest BCUT2D eigenvalue weighted by atomic mass is 35.5. The van der Waals surface area contributed by atoms with Gasteiger partial charge in [-0.15, -0.1) is 11.6 Å². The van der Waals surface area contributed by atoms with Gasteiger partial charge in [0.05, 0.1) is 0 Å². The molecule has 0 aliphatic carbocycles. The molecule has 0 fully saturated rings. The lowest BCUT2D eigenvalue weighted by Crippen LogP contribution is -2.23. The smallest absolute Gasteiger partial charge is 0.0488 e. The summed E-state index contributed by atoms with van der Waals surface area (Å²) in [5.41, 5.74) is 2.17. The zero-order chi connectivity index (χ0) is 11.3. The molecule has 1 nitrogen and oxygen atoms in total. The van der Waals surface area contributed by atoms with E-state index in [9.17, 15) is 0 Å². The summed E-state index contributed by atoms with van der Waals surface area (Å²) in [6, 6.07) is 6.09. The highest BCUT2D eigenvalue weighted by molar-refractivity contribution is 6.32. The third-order valence-electron chi connectivity index (χ3n) is 2.42. The number of alkyl halides is 1. The Balaban J connectivity index is 2.89. The van der Waals surface area contributed by atoms with Crippen LogP contribution < -0.4 is 4.90 Å². The SMILES string of the molecule is CCCN(CC)c1ccc(CCl)c(Cl)c1. The Hall–Kier alpha value is -0.400. The van der Waals surface area contributed by atoms with Crippen LogP contribution in [0.3, 0.4) is 0 Å². The van der Waals surface area contributed by atoms with Crippen molar-refractivity contribution in [2.45, 2.75) is 26.1 Å². The van der Waals surface area contributed by atoms with Gasteiger partial charge in [0.1, 0.15) is 0 Å². The molecule has 0 spiro atoms. The van der Waals surface area contributed by atoms with Crippen molar-refractivity contribution in [1.29, 1.82) is 0 Å². The highest BCUT2D eigenvalue weighted by Gasteiger charge is 2.05. The van der Waals surface area contributed by atoms with Crippen LogP contribution in [0.2, 0.25) is 5.02 Å². The standard InChI is InChI=1S/C12H17Cl2N/c1-3-7-15(4-2)11-6-5-10(9-13)12(14)8-11/h5-6,8H,3-4,7,9H2,1-2H3. The second-order valence-electron chi connectivity index (χ2n) is 3.49. The van der Waals surface area contributed by atoms with Crippen LogP contribution in [0, 0.1) is 0 Å². The van der Waals surface area contributed by atoms with Gasteiger partial charge in [0.15, 0.2) is 0 Å². The molecular weight excluding hydrogens is 229 g/mol. The molecule has 0 N–H and O–H groups in total. The van der Waals surface area contributed by atoms with Gasteiger partial charge in [-0.1, -0.05) is 24.6 Å². The van der Waals surface area contributed by atoms with Crippen LogP contribution in [0.1, 0.15) is 25.8 Å². The van der Waals surface area contributed by atoms with Crippen LogP contribution >= 0.6 is 23.2 Å². The lowest BCUT2D eigenvalue weighted by Gasteiger charge is -2.23. The van der Waals surface area contributed by atoms with Crippen molar-refractivity contribution >= 4 is 28.9 Å². The highest BCUT2D eigenvalue weighted by Crippen LogP contribution is 2.24. The molecule has 0 amide bonds. The minimum absolute atomic E-state index is 0.471. The first-order valence-corrected chi connectivity index (χ1v) is 6.23. The van der Waals surface area contributed by atoms with Crippen molar-refractivity contribution in [2.75, 3.05) is 18.0 Å². The number of halogens is 2. The van der Waals surface area contributed by atoms with Gasteiger partial charge in [0, 0.05) is 29.7 Å². The van der Waals surface area contributed by atoms with Gasteiger partial charge in [-0.05, 0) is 31.0 Å². The van der Waals surface area contributed by atoms with Gasteiger partial charge in [-0.3, -0.25) is 0 Å². The number of nitrogens with zero attached hydrogens (tertiary/aromatic N) is 1. The quantitative estimate of drug-likeness (QED) is 0.699. The molecule has 0 radical (unpaired) electrons. The van der Waals surface area contributed by atoms with Gasteiger partial charge in [-0.2, -0.15) is 0 Å². The van der Waals surface area contributed by atoms with Gasteiger partial charge < -0.3 is 4.90 Å². The van der Waals surface area contributed by atoms with Crippen molar-refractivity contribution < 1.29 is 0 Å². The molecule has 0 saturated carbocycles. The molecule has 0 atom stereocenters. The molecule has 0 bridgehead atoms. The summed E-state index contributed by atoms with van der Waals surface area (Å²) in [5.74, 6) is 0.471. The normalized spacial score (nSPS) is 10.4. The molecule has 15 heavy (non-hydrogen) atoms. The molecule has 1 aromatic carbocycles. The molecular formula is C12H17Cl2N. The molecule has 0 unspecified atom stereocenters. The van der Waals surface area contributed by atoms with E-state index in [2.05, 4.69) is 24.8 Å². The van der Waals surface area contributed by atoms with E-state index in [1.54, 1.807) is 0 Å². The maximum absolute atomic E-state index is 6.12. The lowest BCUT2D eigenvalue weighted by atomic mass is 10.2. The first-order chi connectivity index (χ1) is 7.22. The molecule has 0 aliphatic rings. The monoisotopic (exact) mass is 245 g/mol. The fraction of sp³-hybridized carbons (Fsp3) is 0.500. The Morgan fingerprint density at radius 1 is 1.27 bits per heavy atom. The summed E-state index contributed by atoms with van der Waals surface area (Å²) in [4.78, 5) is 2.31. The van der Waals surface area contributed by atoms with Crippen LogP contribution in [0.5, 0.6) is 0 Å². The predicted octanol–water partition coefficient (Wildman–Crippen LogP) is 4.32. The molecule has 1 aromatic rings. The summed E-state index contributed by atoms with van der Waals surface area (Å²) in [5, 5.41) is 0.761. The van der Waals surface area contributed by atoms with Gasteiger partial charge in [0.2, 0.25) is 0 Å². The maximum atomic E-state index is 6.12. The Labute approximate surface area is 102 Å². The fourth-order valence-corrected chi connectivity index (χ4v) is 2.12. The molecule has 0 aliphatic heterocycles. The second-order valence-corrected chi connectivity index (χ2v) is 4.16. The minimum atomic E-state index is 0.471. The molecule has 0 aromatic heterocycles. The van der Waals surface area contributed by atoms with Crippen molar-refractivity contribution in [1.82, 2.24) is 0 Å². The first kappa shape index (κ1) is 12.7. The molecule has 0 heterocycles. The molecule has 1 rings (SSSR count). The summed E-state index contributed by atoms with van der Waals surface area (Å²) >= 11 is 11.9. The average molecular weight is 246 g/mol. The zero-order valence-corrected chi connectivity index (χ0v) is 10.8. The number of hydrogen-bond donors (Lipinski definition) is 0. The van der Waals surface area contributed by atoms with Crippen molar-refractivity contribution in [3.63, 3.8) is 0 Å². The van der Waals surface area contributed by atoms with Crippen LogP contribution in [-0.4, -0.2) is 13.1 Å². The number of benzene rings is 1. The lowest BCUT2D eigenvalue weighted by molar-refractivity contribution is 0.792. The number of hydrogen-bond acceptors (Lipinski definition) is 1. The van der Waals surface area contributed by atoms with Crippen molar-refractivity contribution in [3.8, 4) is 0 Å². The Morgan fingerprint density at radius 3 is 2.47 bits per heavy atom.